The van der Waals surface area contributed by atoms with Gasteiger partial charge in [-0.3, -0.25) is 4.79 Å². The van der Waals surface area contributed by atoms with Crippen LogP contribution in [0.1, 0.15) is 32.6 Å². The van der Waals surface area contributed by atoms with E-state index in [4.69, 9.17) is 0 Å². The Bertz CT molecular complexity index is 883. The first-order valence-electron chi connectivity index (χ1n) is 9.71. The van der Waals surface area contributed by atoms with Gasteiger partial charge >= 0.3 is 6.18 Å². The van der Waals surface area contributed by atoms with Crippen LogP contribution in [0.15, 0.2) is 51.8 Å². The molecule has 8 heteroatoms. The molecular formula is C21H23F3N2O2S. The van der Waals surface area contributed by atoms with Crippen molar-refractivity contribution in [1.82, 2.24) is 5.32 Å². The molecule has 3 N–H and O–H groups in total. The second-order valence-corrected chi connectivity index (χ2v) is 9.14. The van der Waals surface area contributed by atoms with Crippen LogP contribution in [0, 0.1) is 5.92 Å². The molecule has 1 saturated carbocycles. The average Bonchev–Trinajstić information content (AvgIpc) is 2.66. The van der Waals surface area contributed by atoms with Crippen molar-refractivity contribution in [2.24, 2.45) is 5.92 Å². The van der Waals surface area contributed by atoms with E-state index in [-0.39, 0.29) is 11.8 Å². The predicted octanol–water partition coefficient (Wildman–Crippen LogP) is 4.39. The van der Waals surface area contributed by atoms with Gasteiger partial charge in [0.1, 0.15) is 0 Å². The minimum Gasteiger partial charge on any atom is -0.393 e. The third-order valence-corrected chi connectivity index (χ3v) is 7.25. The molecule has 29 heavy (non-hydrogen) atoms. The SMILES string of the molecule is CC12Nc3ccccc3SC1=CC(C(F)(F)F)=CC2NC(=O)C1CCCC(O)C1. The zero-order valence-electron chi connectivity index (χ0n) is 15.9. The van der Waals surface area contributed by atoms with Gasteiger partial charge < -0.3 is 15.7 Å². The van der Waals surface area contributed by atoms with Gasteiger partial charge in [-0.2, -0.15) is 13.2 Å². The molecule has 4 unspecified atom stereocenters. The van der Waals surface area contributed by atoms with E-state index in [1.54, 1.807) is 0 Å². The van der Waals surface area contributed by atoms with Gasteiger partial charge in [0.2, 0.25) is 5.91 Å². The van der Waals surface area contributed by atoms with Crippen LogP contribution in [-0.4, -0.2) is 34.9 Å². The number of fused-ring (bicyclic) bond motifs is 2. The van der Waals surface area contributed by atoms with Crippen molar-refractivity contribution in [2.75, 3.05) is 5.32 Å². The van der Waals surface area contributed by atoms with E-state index in [0.717, 1.165) is 23.1 Å². The summed E-state index contributed by atoms with van der Waals surface area (Å²) >= 11 is 1.29. The highest BCUT2D eigenvalue weighted by atomic mass is 32.2. The second-order valence-electron chi connectivity index (χ2n) is 8.06. The van der Waals surface area contributed by atoms with Gasteiger partial charge in [-0.15, -0.1) is 0 Å². The fourth-order valence-electron chi connectivity index (χ4n) is 4.21. The molecule has 3 aliphatic rings. The molecule has 156 valence electrons. The van der Waals surface area contributed by atoms with Crippen LogP contribution in [0.4, 0.5) is 18.9 Å². The first kappa shape index (κ1) is 20.3. The highest BCUT2D eigenvalue weighted by Crippen LogP contribution is 2.50. The standard InChI is InChI=1S/C21H23F3N2O2S/c1-20-17(25-19(28)12-5-4-6-14(27)9-12)10-13(21(22,23)24)11-18(20)29-16-8-3-2-7-15(16)26-20/h2-3,7-8,10-12,14,17,26-27H,4-6,9H2,1H3,(H,25,28). The maximum absolute atomic E-state index is 13.5. The number of rotatable bonds is 2. The maximum atomic E-state index is 13.5. The maximum Gasteiger partial charge on any atom is 0.416 e. The van der Waals surface area contributed by atoms with Gasteiger partial charge in [0.05, 0.1) is 23.3 Å². The lowest BCUT2D eigenvalue weighted by atomic mass is 9.82. The Morgan fingerprint density at radius 1 is 1.31 bits per heavy atom. The number of carbonyl (C=O) groups is 1. The summed E-state index contributed by atoms with van der Waals surface area (Å²) in [7, 11) is 0. The zero-order valence-corrected chi connectivity index (χ0v) is 16.7. The molecule has 0 radical (unpaired) electrons. The summed E-state index contributed by atoms with van der Waals surface area (Å²) in [6, 6.07) is 6.57. The summed E-state index contributed by atoms with van der Waals surface area (Å²) in [4.78, 5) is 14.2. The van der Waals surface area contributed by atoms with Gasteiger partial charge in [0.15, 0.2) is 0 Å². The van der Waals surface area contributed by atoms with Crippen LogP contribution in [-0.2, 0) is 4.79 Å². The summed E-state index contributed by atoms with van der Waals surface area (Å²) in [6.07, 6.45) is -0.399. The molecule has 1 fully saturated rings. The highest BCUT2D eigenvalue weighted by molar-refractivity contribution is 8.03. The van der Waals surface area contributed by atoms with Crippen molar-refractivity contribution in [1.29, 1.82) is 0 Å². The molecular weight excluding hydrogens is 401 g/mol. The molecule has 4 nitrogen and oxygen atoms in total. The smallest absolute Gasteiger partial charge is 0.393 e. The zero-order chi connectivity index (χ0) is 20.8. The molecule has 0 spiro atoms. The summed E-state index contributed by atoms with van der Waals surface area (Å²) in [5.74, 6) is -0.692. The van der Waals surface area contributed by atoms with Crippen LogP contribution in [0.2, 0.25) is 0 Å². The lowest BCUT2D eigenvalue weighted by Crippen LogP contribution is -2.58. The predicted molar refractivity (Wildman–Crippen MR) is 106 cm³/mol. The van der Waals surface area contributed by atoms with Crippen molar-refractivity contribution in [3.8, 4) is 0 Å². The summed E-state index contributed by atoms with van der Waals surface area (Å²) in [6.45, 7) is 1.81. The molecule has 0 bridgehead atoms. The summed E-state index contributed by atoms with van der Waals surface area (Å²) in [5, 5.41) is 16.1. The van der Waals surface area contributed by atoms with E-state index in [1.807, 2.05) is 31.2 Å². The normalized spacial score (nSPS) is 31.6. The van der Waals surface area contributed by atoms with Gasteiger partial charge in [-0.25, -0.2) is 0 Å². The molecule has 0 saturated heterocycles. The number of para-hydroxylation sites is 1. The fraction of sp³-hybridized carbons (Fsp3) is 0.476. The van der Waals surface area contributed by atoms with E-state index >= 15 is 0 Å². The Balaban J connectivity index is 1.66. The monoisotopic (exact) mass is 424 g/mol. The minimum absolute atomic E-state index is 0.306. The van der Waals surface area contributed by atoms with E-state index in [1.165, 1.54) is 17.8 Å². The van der Waals surface area contributed by atoms with Crippen molar-refractivity contribution in [2.45, 2.75) is 61.4 Å². The minimum atomic E-state index is -4.50. The Hall–Kier alpha value is -1.93. The number of hydrogen-bond acceptors (Lipinski definition) is 4. The van der Waals surface area contributed by atoms with E-state index in [0.29, 0.717) is 24.2 Å². The largest absolute Gasteiger partial charge is 0.416 e. The van der Waals surface area contributed by atoms with Crippen molar-refractivity contribution >= 4 is 23.4 Å². The number of carbonyl (C=O) groups excluding carboxylic acids is 1. The molecule has 1 heterocycles. The Morgan fingerprint density at radius 3 is 2.79 bits per heavy atom. The lowest BCUT2D eigenvalue weighted by molar-refractivity contribution is -0.128. The molecule has 0 aromatic heterocycles. The Morgan fingerprint density at radius 2 is 2.07 bits per heavy atom. The number of benzene rings is 1. The number of alkyl halides is 3. The second kappa shape index (κ2) is 7.40. The number of allylic oxidation sites excluding steroid dienone is 2. The highest BCUT2D eigenvalue weighted by Gasteiger charge is 2.47. The lowest BCUT2D eigenvalue weighted by Gasteiger charge is -2.46. The van der Waals surface area contributed by atoms with Crippen LogP contribution in [0.25, 0.3) is 0 Å². The van der Waals surface area contributed by atoms with Crippen molar-refractivity contribution < 1.29 is 23.1 Å². The van der Waals surface area contributed by atoms with E-state index in [2.05, 4.69) is 10.6 Å². The van der Waals surface area contributed by atoms with Crippen molar-refractivity contribution in [3.63, 3.8) is 0 Å². The number of thioether (sulfide) groups is 1. The molecule has 1 amide bonds. The van der Waals surface area contributed by atoms with Gasteiger partial charge in [0.25, 0.3) is 0 Å². The number of amides is 1. The average molecular weight is 424 g/mol. The van der Waals surface area contributed by atoms with Gasteiger partial charge in [-0.1, -0.05) is 30.3 Å². The third-order valence-electron chi connectivity index (χ3n) is 5.91. The van der Waals surface area contributed by atoms with Crippen molar-refractivity contribution in [3.05, 3.63) is 46.9 Å². The third kappa shape index (κ3) is 3.92. The van der Waals surface area contributed by atoms with Crippen LogP contribution < -0.4 is 10.6 Å². The first-order chi connectivity index (χ1) is 13.7. The number of aliphatic hydroxyl groups is 1. The number of hydrogen-bond donors (Lipinski definition) is 3. The van der Waals surface area contributed by atoms with Crippen LogP contribution in [0.3, 0.4) is 0 Å². The van der Waals surface area contributed by atoms with E-state index in [9.17, 15) is 23.1 Å². The van der Waals surface area contributed by atoms with Crippen LogP contribution in [0.5, 0.6) is 0 Å². The van der Waals surface area contributed by atoms with E-state index < -0.39 is 29.4 Å². The summed E-state index contributed by atoms with van der Waals surface area (Å²) in [5.41, 5.74) is -0.822. The quantitative estimate of drug-likeness (QED) is 0.659. The molecule has 2 aliphatic carbocycles. The van der Waals surface area contributed by atoms with Crippen LogP contribution >= 0.6 is 11.8 Å². The van der Waals surface area contributed by atoms with Gasteiger partial charge in [-0.05, 0) is 50.5 Å². The summed E-state index contributed by atoms with van der Waals surface area (Å²) < 4.78 is 40.6. The Kier molecular flexibility index (Phi) is 5.19. The molecule has 4 rings (SSSR count). The molecule has 1 aromatic rings. The topological polar surface area (TPSA) is 61.4 Å². The first-order valence-corrected chi connectivity index (χ1v) is 10.5. The molecule has 1 aliphatic heterocycles. The fourth-order valence-corrected chi connectivity index (χ4v) is 5.39. The molecule has 1 aromatic carbocycles. The number of nitrogens with one attached hydrogen (secondary N) is 2. The number of halogens is 3. The number of anilines is 1. The number of aliphatic hydroxyl groups excluding tert-OH is 1. The Labute approximate surface area is 171 Å². The van der Waals surface area contributed by atoms with Gasteiger partial charge in [0, 0.05) is 21.4 Å². The molecule has 4 atom stereocenters.